The van der Waals surface area contributed by atoms with Crippen molar-refractivity contribution in [3.63, 3.8) is 0 Å². The lowest BCUT2D eigenvalue weighted by Gasteiger charge is -1.98. The monoisotopic (exact) mass is 215 g/mol. The Balaban J connectivity index is 2.17. The molecule has 0 unspecified atom stereocenters. The molecule has 3 nitrogen and oxygen atoms in total. The Morgan fingerprint density at radius 3 is 3.00 bits per heavy atom. The van der Waals surface area contributed by atoms with Crippen LogP contribution in [-0.4, -0.2) is 9.97 Å². The molecule has 2 heterocycles. The van der Waals surface area contributed by atoms with E-state index in [2.05, 4.69) is 16.0 Å². The number of H-pyrrole nitrogens is 1. The average Bonchev–Trinajstić information content (AvgIpc) is 2.76. The van der Waals surface area contributed by atoms with E-state index >= 15 is 0 Å². The third kappa shape index (κ3) is 1.39. The van der Waals surface area contributed by atoms with Gasteiger partial charge in [0.15, 0.2) is 0 Å². The van der Waals surface area contributed by atoms with Crippen LogP contribution in [0.3, 0.4) is 0 Å². The summed E-state index contributed by atoms with van der Waals surface area (Å²) in [6.45, 7) is 0. The second kappa shape index (κ2) is 3.10. The van der Waals surface area contributed by atoms with E-state index in [1.165, 1.54) is 4.70 Å². The second-order valence-corrected chi connectivity index (χ2v) is 4.26. The topological polar surface area (TPSA) is 54.7 Å². The van der Waals surface area contributed by atoms with Gasteiger partial charge in [-0.3, -0.25) is 0 Å². The predicted molar refractivity (Wildman–Crippen MR) is 63.8 cm³/mol. The summed E-state index contributed by atoms with van der Waals surface area (Å²) in [5, 5.41) is 0. The molecule has 74 valence electrons. The van der Waals surface area contributed by atoms with Crippen molar-refractivity contribution in [1.82, 2.24) is 9.97 Å². The van der Waals surface area contributed by atoms with E-state index in [1.54, 1.807) is 11.3 Å². The van der Waals surface area contributed by atoms with Gasteiger partial charge in [-0.2, -0.15) is 0 Å². The molecule has 0 bridgehead atoms. The zero-order valence-corrected chi connectivity index (χ0v) is 8.71. The van der Waals surface area contributed by atoms with Crippen LogP contribution >= 0.6 is 11.3 Å². The summed E-state index contributed by atoms with van der Waals surface area (Å²) >= 11 is 1.63. The molecule has 0 aliphatic rings. The van der Waals surface area contributed by atoms with Crippen LogP contribution in [0.4, 0.5) is 5.69 Å². The molecule has 0 radical (unpaired) electrons. The molecule has 0 aliphatic heterocycles. The maximum Gasteiger partial charge on any atom is 0.148 e. The number of hydrogen-bond acceptors (Lipinski definition) is 3. The van der Waals surface area contributed by atoms with Gasteiger partial charge >= 0.3 is 0 Å². The molecule has 0 saturated carbocycles. The maximum absolute atomic E-state index is 5.74. The first-order valence-corrected chi connectivity index (χ1v) is 5.49. The minimum Gasteiger partial charge on any atom is -0.399 e. The molecular weight excluding hydrogens is 206 g/mol. The van der Waals surface area contributed by atoms with E-state index in [9.17, 15) is 0 Å². The number of fused-ring (bicyclic) bond motifs is 1. The molecule has 0 atom stereocenters. The van der Waals surface area contributed by atoms with Crippen LogP contribution in [0.25, 0.3) is 21.6 Å². The van der Waals surface area contributed by atoms with Crippen LogP contribution < -0.4 is 5.73 Å². The Kier molecular flexibility index (Phi) is 1.76. The van der Waals surface area contributed by atoms with Crippen LogP contribution in [0.5, 0.6) is 0 Å². The quantitative estimate of drug-likeness (QED) is 0.613. The van der Waals surface area contributed by atoms with E-state index < -0.39 is 0 Å². The molecule has 15 heavy (non-hydrogen) atoms. The number of benzene rings is 1. The number of nitrogen functional groups attached to an aromatic ring is 1. The van der Waals surface area contributed by atoms with Crippen molar-refractivity contribution in [2.45, 2.75) is 0 Å². The van der Waals surface area contributed by atoms with Crippen molar-refractivity contribution in [1.29, 1.82) is 0 Å². The number of anilines is 1. The van der Waals surface area contributed by atoms with Crippen molar-refractivity contribution in [2.24, 2.45) is 0 Å². The van der Waals surface area contributed by atoms with Gasteiger partial charge in [-0.15, -0.1) is 11.3 Å². The average molecular weight is 215 g/mol. The number of nitrogens with two attached hydrogens (primary N) is 1. The molecule has 0 amide bonds. The van der Waals surface area contributed by atoms with Crippen LogP contribution in [0.1, 0.15) is 0 Å². The van der Waals surface area contributed by atoms with Gasteiger partial charge < -0.3 is 10.7 Å². The van der Waals surface area contributed by atoms with Crippen LogP contribution in [0.15, 0.2) is 35.8 Å². The molecule has 0 saturated heterocycles. The van der Waals surface area contributed by atoms with Crippen LogP contribution in [0.2, 0.25) is 0 Å². The summed E-state index contributed by atoms with van der Waals surface area (Å²) in [7, 11) is 0. The van der Waals surface area contributed by atoms with Gasteiger partial charge in [-0.1, -0.05) is 12.1 Å². The molecule has 2 aromatic heterocycles. The first-order valence-electron chi connectivity index (χ1n) is 4.61. The highest BCUT2D eigenvalue weighted by atomic mass is 32.1. The van der Waals surface area contributed by atoms with Gasteiger partial charge in [-0.05, 0) is 18.2 Å². The molecule has 0 fully saturated rings. The Morgan fingerprint density at radius 1 is 1.27 bits per heavy atom. The Hall–Kier alpha value is -1.81. The summed E-state index contributed by atoms with van der Waals surface area (Å²) in [5.74, 6) is 0. The summed E-state index contributed by atoms with van der Waals surface area (Å²) < 4.78 is 1.17. The molecular formula is C11H9N3S. The zero-order valence-electron chi connectivity index (χ0n) is 7.90. The van der Waals surface area contributed by atoms with Gasteiger partial charge in [0.05, 0.1) is 10.2 Å². The maximum atomic E-state index is 5.74. The number of nitrogens with one attached hydrogen (secondary N) is 1. The highest BCUT2D eigenvalue weighted by molar-refractivity contribution is 7.16. The standard InChI is InChI=1S/C11H9N3S/c12-8-3-1-2-7(4-8)9-5-10-11(14-9)13-6-15-10/h1-6,14H,12H2. The Labute approximate surface area is 90.6 Å². The van der Waals surface area contributed by atoms with Crippen LogP contribution in [-0.2, 0) is 0 Å². The van der Waals surface area contributed by atoms with Crippen molar-refractivity contribution in [3.8, 4) is 11.3 Å². The molecule has 1 aromatic carbocycles. The first-order chi connectivity index (χ1) is 7.33. The molecule has 3 N–H and O–H groups in total. The van der Waals surface area contributed by atoms with Gasteiger partial charge in [0.25, 0.3) is 0 Å². The fraction of sp³-hybridized carbons (Fsp3) is 0. The summed E-state index contributed by atoms with van der Waals surface area (Å²) in [5.41, 5.74) is 11.5. The summed E-state index contributed by atoms with van der Waals surface area (Å²) in [6.07, 6.45) is 0. The zero-order chi connectivity index (χ0) is 10.3. The normalized spacial score (nSPS) is 10.9. The van der Waals surface area contributed by atoms with Crippen molar-refractivity contribution in [3.05, 3.63) is 35.8 Å². The lowest BCUT2D eigenvalue weighted by atomic mass is 10.1. The number of rotatable bonds is 1. The highest BCUT2D eigenvalue weighted by Gasteiger charge is 2.04. The lowest BCUT2D eigenvalue weighted by molar-refractivity contribution is 1.36. The Morgan fingerprint density at radius 2 is 2.20 bits per heavy atom. The van der Waals surface area contributed by atoms with Gasteiger partial charge in [0.2, 0.25) is 0 Å². The van der Waals surface area contributed by atoms with Crippen molar-refractivity contribution >= 4 is 27.4 Å². The number of hydrogen-bond donors (Lipinski definition) is 2. The third-order valence-corrected chi connectivity index (χ3v) is 3.10. The van der Waals surface area contributed by atoms with E-state index in [1.807, 2.05) is 29.8 Å². The van der Waals surface area contributed by atoms with Crippen LogP contribution in [0, 0.1) is 0 Å². The van der Waals surface area contributed by atoms with Crippen molar-refractivity contribution < 1.29 is 0 Å². The number of aromatic amines is 1. The second-order valence-electron chi connectivity index (χ2n) is 3.37. The molecule has 3 rings (SSSR count). The minimum atomic E-state index is 0.776. The SMILES string of the molecule is Nc1cccc(-c2cc3scnc3[nH]2)c1. The molecule has 0 spiro atoms. The van der Waals surface area contributed by atoms with E-state index in [0.717, 1.165) is 22.6 Å². The van der Waals surface area contributed by atoms with Gasteiger partial charge in [0, 0.05) is 16.9 Å². The van der Waals surface area contributed by atoms with Crippen molar-refractivity contribution in [2.75, 3.05) is 5.73 Å². The minimum absolute atomic E-state index is 0.776. The molecule has 3 aromatic rings. The van der Waals surface area contributed by atoms with E-state index in [0.29, 0.717) is 0 Å². The molecule has 4 heteroatoms. The largest absolute Gasteiger partial charge is 0.399 e. The molecule has 0 aliphatic carbocycles. The third-order valence-electron chi connectivity index (χ3n) is 2.32. The number of aromatic nitrogens is 2. The highest BCUT2D eigenvalue weighted by Crippen LogP contribution is 2.26. The number of thiazole rings is 1. The first kappa shape index (κ1) is 8.49. The van der Waals surface area contributed by atoms with Gasteiger partial charge in [-0.25, -0.2) is 4.98 Å². The van der Waals surface area contributed by atoms with Gasteiger partial charge in [0.1, 0.15) is 5.65 Å². The summed E-state index contributed by atoms with van der Waals surface area (Å²) in [6, 6.07) is 9.92. The predicted octanol–water partition coefficient (Wildman–Crippen LogP) is 2.87. The summed E-state index contributed by atoms with van der Waals surface area (Å²) in [4.78, 5) is 7.48. The smallest absolute Gasteiger partial charge is 0.148 e. The Bertz CT molecular complexity index is 580. The number of nitrogens with zero attached hydrogens (tertiary/aromatic N) is 1. The lowest BCUT2D eigenvalue weighted by Crippen LogP contribution is -1.84. The van der Waals surface area contributed by atoms with E-state index in [4.69, 9.17) is 5.73 Å². The van der Waals surface area contributed by atoms with E-state index in [-0.39, 0.29) is 0 Å². The fourth-order valence-corrected chi connectivity index (χ4v) is 2.28. The fourth-order valence-electron chi connectivity index (χ4n) is 1.61.